The average Bonchev–Trinajstić information content (AvgIpc) is 2.96. The van der Waals surface area contributed by atoms with Gasteiger partial charge in [-0.1, -0.05) is 36.5 Å². The van der Waals surface area contributed by atoms with Crippen LogP contribution in [0.3, 0.4) is 0 Å². The van der Waals surface area contributed by atoms with Crippen LogP contribution in [0.2, 0.25) is 8.67 Å². The van der Waals surface area contributed by atoms with Gasteiger partial charge in [0.1, 0.15) is 9.23 Å². The molecule has 0 aromatic carbocycles. The summed E-state index contributed by atoms with van der Waals surface area (Å²) >= 11 is 13.0. The Morgan fingerprint density at radius 2 is 2.15 bits per heavy atom. The highest BCUT2D eigenvalue weighted by atomic mass is 35.5. The van der Waals surface area contributed by atoms with Crippen LogP contribution < -0.4 is 5.73 Å². The number of rotatable bonds is 5. The fourth-order valence-electron chi connectivity index (χ4n) is 2.88. The lowest BCUT2D eigenvalue weighted by Gasteiger charge is -2.30. The molecule has 2 unspecified atom stereocenters. The van der Waals surface area contributed by atoms with Gasteiger partial charge in [0.2, 0.25) is 10.0 Å². The second-order valence-electron chi connectivity index (χ2n) is 4.89. The van der Waals surface area contributed by atoms with Crippen LogP contribution in [0.15, 0.2) is 11.0 Å². The zero-order valence-electron chi connectivity index (χ0n) is 11.2. The predicted octanol–water partition coefficient (Wildman–Crippen LogP) is 3.19. The molecule has 1 aromatic rings. The lowest BCUT2D eigenvalue weighted by Crippen LogP contribution is -2.43. The van der Waals surface area contributed by atoms with Gasteiger partial charge in [-0.2, -0.15) is 4.31 Å². The van der Waals surface area contributed by atoms with E-state index in [4.69, 9.17) is 28.9 Å². The summed E-state index contributed by atoms with van der Waals surface area (Å²) in [6.07, 6.45) is 2.84. The highest BCUT2D eigenvalue weighted by Crippen LogP contribution is 2.38. The van der Waals surface area contributed by atoms with Gasteiger partial charge in [-0.05, 0) is 31.4 Å². The van der Waals surface area contributed by atoms with Crippen LogP contribution in [0, 0.1) is 5.92 Å². The van der Waals surface area contributed by atoms with E-state index in [0.717, 1.165) is 30.6 Å². The highest BCUT2D eigenvalue weighted by molar-refractivity contribution is 7.89. The Bertz CT molecular complexity index is 574. The molecule has 2 N–H and O–H groups in total. The van der Waals surface area contributed by atoms with Crippen molar-refractivity contribution in [3.8, 4) is 0 Å². The van der Waals surface area contributed by atoms with Crippen LogP contribution in [0.4, 0.5) is 0 Å². The van der Waals surface area contributed by atoms with Crippen LogP contribution in [-0.4, -0.2) is 31.9 Å². The highest BCUT2D eigenvalue weighted by Gasteiger charge is 2.38. The largest absolute Gasteiger partial charge is 0.330 e. The summed E-state index contributed by atoms with van der Waals surface area (Å²) in [5, 5.41) is 0. The van der Waals surface area contributed by atoms with Crippen molar-refractivity contribution in [1.82, 2.24) is 4.31 Å². The molecule has 0 aliphatic heterocycles. The maximum Gasteiger partial charge on any atom is 0.245 e. The summed E-state index contributed by atoms with van der Waals surface area (Å²) in [5.41, 5.74) is 5.77. The van der Waals surface area contributed by atoms with Crippen molar-refractivity contribution >= 4 is 44.6 Å². The number of hydrogen-bond acceptors (Lipinski definition) is 4. The maximum absolute atomic E-state index is 12.8. The zero-order chi connectivity index (χ0) is 14.9. The molecule has 1 aliphatic rings. The molecule has 1 saturated carbocycles. The van der Waals surface area contributed by atoms with Crippen molar-refractivity contribution in [3.63, 3.8) is 0 Å². The van der Waals surface area contributed by atoms with Gasteiger partial charge in [-0.25, -0.2) is 8.42 Å². The van der Waals surface area contributed by atoms with E-state index in [-0.39, 0.29) is 21.2 Å². The quantitative estimate of drug-likeness (QED) is 0.880. The minimum atomic E-state index is -3.62. The molecule has 0 amide bonds. The smallest absolute Gasteiger partial charge is 0.245 e. The molecule has 4 nitrogen and oxygen atoms in total. The van der Waals surface area contributed by atoms with E-state index >= 15 is 0 Å². The molecular weight excluding hydrogens is 339 g/mol. The molecule has 8 heteroatoms. The first kappa shape index (κ1) is 16.5. The Hall–Kier alpha value is 0.150. The summed E-state index contributed by atoms with van der Waals surface area (Å²) in [5.74, 6) is 0.220. The number of sulfonamides is 1. The van der Waals surface area contributed by atoms with E-state index in [1.54, 1.807) is 0 Å². The molecule has 0 saturated heterocycles. The predicted molar refractivity (Wildman–Crippen MR) is 84.1 cm³/mol. The first-order chi connectivity index (χ1) is 9.41. The van der Waals surface area contributed by atoms with Crippen molar-refractivity contribution in [2.24, 2.45) is 11.7 Å². The minimum absolute atomic E-state index is 0.0373. The third-order valence-electron chi connectivity index (χ3n) is 3.82. The van der Waals surface area contributed by atoms with Crippen molar-refractivity contribution in [3.05, 3.63) is 14.7 Å². The van der Waals surface area contributed by atoms with Gasteiger partial charge in [0.25, 0.3) is 0 Å². The lowest BCUT2D eigenvalue weighted by molar-refractivity contribution is 0.276. The van der Waals surface area contributed by atoms with E-state index in [0.29, 0.717) is 17.4 Å². The summed E-state index contributed by atoms with van der Waals surface area (Å²) < 4.78 is 27.7. The van der Waals surface area contributed by atoms with Gasteiger partial charge in [0.05, 0.1) is 4.34 Å². The van der Waals surface area contributed by atoms with Gasteiger partial charge in [0, 0.05) is 12.6 Å². The van der Waals surface area contributed by atoms with E-state index < -0.39 is 10.0 Å². The monoisotopic (exact) mass is 356 g/mol. The molecule has 0 spiro atoms. The van der Waals surface area contributed by atoms with Crippen LogP contribution in [0.5, 0.6) is 0 Å². The van der Waals surface area contributed by atoms with Crippen molar-refractivity contribution in [1.29, 1.82) is 0 Å². The lowest BCUT2D eigenvalue weighted by atomic mass is 10.0. The van der Waals surface area contributed by atoms with Crippen LogP contribution in [0.25, 0.3) is 0 Å². The van der Waals surface area contributed by atoms with Gasteiger partial charge in [-0.15, -0.1) is 11.3 Å². The minimum Gasteiger partial charge on any atom is -0.330 e. The van der Waals surface area contributed by atoms with Crippen LogP contribution >= 0.6 is 34.5 Å². The Labute approximate surface area is 133 Å². The second-order valence-corrected chi connectivity index (χ2v) is 9.04. The molecule has 20 heavy (non-hydrogen) atoms. The van der Waals surface area contributed by atoms with Crippen molar-refractivity contribution in [2.45, 2.75) is 37.1 Å². The van der Waals surface area contributed by atoms with E-state index in [2.05, 4.69) is 0 Å². The summed E-state index contributed by atoms with van der Waals surface area (Å²) in [6.45, 7) is 2.76. The molecule has 0 radical (unpaired) electrons. The number of halogens is 2. The molecule has 1 aromatic heterocycles. The molecule has 0 bridgehead atoms. The molecule has 1 fully saturated rings. The van der Waals surface area contributed by atoms with Gasteiger partial charge in [0.15, 0.2) is 0 Å². The molecule has 2 atom stereocenters. The van der Waals surface area contributed by atoms with Crippen LogP contribution in [0.1, 0.15) is 26.2 Å². The first-order valence-electron chi connectivity index (χ1n) is 6.58. The fraction of sp³-hybridized carbons (Fsp3) is 0.667. The van der Waals surface area contributed by atoms with E-state index in [1.165, 1.54) is 10.4 Å². The fourth-order valence-corrected chi connectivity index (χ4v) is 6.72. The second kappa shape index (κ2) is 6.50. The third-order valence-corrected chi connectivity index (χ3v) is 7.57. The molecular formula is C12H18Cl2N2O2S2. The Kier molecular flexibility index (Phi) is 5.37. The summed E-state index contributed by atoms with van der Waals surface area (Å²) in [4.78, 5) is 0.110. The van der Waals surface area contributed by atoms with E-state index in [1.807, 2.05) is 6.92 Å². The van der Waals surface area contributed by atoms with Crippen molar-refractivity contribution in [2.75, 3.05) is 13.1 Å². The topological polar surface area (TPSA) is 63.4 Å². The van der Waals surface area contributed by atoms with Crippen molar-refractivity contribution < 1.29 is 8.42 Å². The van der Waals surface area contributed by atoms with Gasteiger partial charge >= 0.3 is 0 Å². The zero-order valence-corrected chi connectivity index (χ0v) is 14.3. The number of nitrogens with zero attached hydrogens (tertiary/aromatic N) is 1. The first-order valence-corrected chi connectivity index (χ1v) is 9.59. The molecule has 1 heterocycles. The molecule has 114 valence electrons. The average molecular weight is 357 g/mol. The SMILES string of the molecule is CCN(C1CCCC1CN)S(=O)(=O)c1cc(Cl)sc1Cl. The summed E-state index contributed by atoms with van der Waals surface area (Å²) in [6, 6.07) is 1.39. The molecule has 2 rings (SSSR count). The molecule has 1 aliphatic carbocycles. The Morgan fingerprint density at radius 1 is 1.45 bits per heavy atom. The Balaban J connectivity index is 2.37. The number of nitrogens with two attached hydrogens (primary N) is 1. The Morgan fingerprint density at radius 3 is 2.65 bits per heavy atom. The normalized spacial score (nSPS) is 23.6. The van der Waals surface area contributed by atoms with Crippen LogP contribution in [-0.2, 0) is 10.0 Å². The van der Waals surface area contributed by atoms with Gasteiger partial charge < -0.3 is 5.73 Å². The number of hydrogen-bond donors (Lipinski definition) is 1. The maximum atomic E-state index is 12.8. The summed E-state index contributed by atoms with van der Waals surface area (Å²) in [7, 11) is -3.62. The third kappa shape index (κ3) is 3.00. The van der Waals surface area contributed by atoms with E-state index in [9.17, 15) is 8.42 Å². The van der Waals surface area contributed by atoms with Gasteiger partial charge in [-0.3, -0.25) is 0 Å². The number of thiophene rings is 1. The standard InChI is InChI=1S/C12H18Cl2N2O2S2/c1-2-16(9-5-3-4-8(9)7-15)20(17,18)10-6-11(13)19-12(10)14/h6,8-9H,2-5,7,15H2,1H3.